The summed E-state index contributed by atoms with van der Waals surface area (Å²) in [6.07, 6.45) is 2.07. The van der Waals surface area contributed by atoms with Gasteiger partial charge in [-0.15, -0.1) is 0 Å². The van der Waals surface area contributed by atoms with Crippen LogP contribution in [0.5, 0.6) is 0 Å². The molecule has 3 aromatic rings. The minimum atomic E-state index is -1.00. The predicted molar refractivity (Wildman–Crippen MR) is 133 cm³/mol. The van der Waals surface area contributed by atoms with Gasteiger partial charge in [0.05, 0.1) is 0 Å². The molecule has 35 heavy (non-hydrogen) atoms. The molecule has 2 atom stereocenters. The zero-order chi connectivity index (χ0) is 24.9. The minimum absolute atomic E-state index is 0.253. The molecular formula is C27H26FN5O2. The van der Waals surface area contributed by atoms with Gasteiger partial charge in [0, 0.05) is 28.9 Å². The van der Waals surface area contributed by atoms with Gasteiger partial charge in [0.2, 0.25) is 5.91 Å². The number of aliphatic imine (C=N–C) groups is 1. The minimum Gasteiger partial charge on any atom is -0.402 e. The third-order valence-electron chi connectivity index (χ3n) is 5.82. The highest BCUT2D eigenvalue weighted by atomic mass is 19.1. The molecule has 2 amide bonds. The first-order chi connectivity index (χ1) is 16.9. The average molecular weight is 472 g/mol. The summed E-state index contributed by atoms with van der Waals surface area (Å²) >= 11 is 0. The first kappa shape index (κ1) is 23.8. The summed E-state index contributed by atoms with van der Waals surface area (Å²) in [6, 6.07) is 17.1. The number of carbonyl (C=O) groups is 2. The zero-order valence-corrected chi connectivity index (χ0v) is 19.5. The van der Waals surface area contributed by atoms with E-state index in [9.17, 15) is 14.0 Å². The molecule has 0 bridgehead atoms. The van der Waals surface area contributed by atoms with Gasteiger partial charge >= 0.3 is 0 Å². The van der Waals surface area contributed by atoms with Crippen molar-refractivity contribution >= 4 is 23.5 Å². The second-order valence-electron chi connectivity index (χ2n) is 8.28. The molecule has 8 heteroatoms. The Morgan fingerprint density at radius 2 is 1.91 bits per heavy atom. The monoisotopic (exact) mass is 471 g/mol. The van der Waals surface area contributed by atoms with Crippen LogP contribution in [0.4, 0.5) is 10.2 Å². The molecule has 1 saturated heterocycles. The molecule has 1 fully saturated rings. The quantitative estimate of drug-likeness (QED) is 0.524. The maximum absolute atomic E-state index is 13.8. The Morgan fingerprint density at radius 1 is 1.14 bits per heavy atom. The Balaban J connectivity index is 1.83. The summed E-state index contributed by atoms with van der Waals surface area (Å²) in [5.41, 5.74) is 9.47. The third kappa shape index (κ3) is 5.27. The number of nitrogens with two attached hydrogens (primary N) is 1. The van der Waals surface area contributed by atoms with Gasteiger partial charge in [-0.3, -0.25) is 9.59 Å². The molecule has 1 aliphatic heterocycles. The molecule has 4 rings (SSSR count). The summed E-state index contributed by atoms with van der Waals surface area (Å²) < 4.78 is 13.8. The second kappa shape index (κ2) is 10.3. The van der Waals surface area contributed by atoms with Crippen molar-refractivity contribution in [2.24, 2.45) is 10.7 Å². The lowest BCUT2D eigenvalue weighted by molar-refractivity contribution is -0.122. The van der Waals surface area contributed by atoms with E-state index in [-0.39, 0.29) is 5.84 Å². The second-order valence-corrected chi connectivity index (χ2v) is 8.28. The van der Waals surface area contributed by atoms with E-state index >= 15 is 0 Å². The fourth-order valence-corrected chi connectivity index (χ4v) is 4.08. The normalized spacial score (nSPS) is 20.3. The van der Waals surface area contributed by atoms with Crippen molar-refractivity contribution in [1.29, 1.82) is 0 Å². The van der Waals surface area contributed by atoms with E-state index in [0.717, 1.165) is 5.56 Å². The Bertz CT molecular complexity index is 1300. The van der Waals surface area contributed by atoms with Crippen molar-refractivity contribution in [3.63, 3.8) is 0 Å². The van der Waals surface area contributed by atoms with Crippen molar-refractivity contribution in [2.75, 3.05) is 0 Å². The highest BCUT2D eigenvalue weighted by molar-refractivity contribution is 6.15. The first-order valence-corrected chi connectivity index (χ1v) is 11.3. The highest BCUT2D eigenvalue weighted by Gasteiger charge is 2.42. The smallest absolute Gasteiger partial charge is 0.251 e. The average Bonchev–Trinajstić information content (AvgIpc) is 2.86. The topological polar surface area (TPSA) is 109 Å². The number of carbonyl (C=O) groups excluding carboxylic acids is 2. The number of rotatable bonds is 5. The van der Waals surface area contributed by atoms with Crippen LogP contribution in [0.15, 0.2) is 89.2 Å². The number of hydrogen-bond donors (Lipinski definition) is 3. The van der Waals surface area contributed by atoms with Crippen LogP contribution in [0.1, 0.15) is 40.7 Å². The van der Waals surface area contributed by atoms with Gasteiger partial charge in [0.25, 0.3) is 5.91 Å². The maximum Gasteiger partial charge on any atom is 0.251 e. The summed E-state index contributed by atoms with van der Waals surface area (Å²) in [4.78, 5) is 35.3. The van der Waals surface area contributed by atoms with Crippen molar-refractivity contribution in [1.82, 2.24) is 15.6 Å². The van der Waals surface area contributed by atoms with Crippen LogP contribution in [0.2, 0.25) is 0 Å². The molecule has 0 saturated carbocycles. The Labute approximate surface area is 203 Å². The Kier molecular flexibility index (Phi) is 7.01. The molecular weight excluding hydrogens is 445 g/mol. The van der Waals surface area contributed by atoms with Gasteiger partial charge in [-0.05, 0) is 55.3 Å². The molecule has 1 unspecified atom stereocenters. The van der Waals surface area contributed by atoms with Crippen LogP contribution < -0.4 is 16.4 Å². The summed E-state index contributed by atoms with van der Waals surface area (Å²) in [6.45, 7) is 3.77. The number of allylic oxidation sites excluding steroid dienone is 1. The molecule has 2 heterocycles. The fraction of sp³-hybridized carbons (Fsp3) is 0.185. The zero-order valence-electron chi connectivity index (χ0n) is 19.5. The SMILES string of the molecule is CCC(N)=C1C(=Nc2ccccn2)NC(=O)[C@@H](NC(=O)c2cccc(C)c2)C1c1ccc(F)cc1. The number of pyridine rings is 1. The summed E-state index contributed by atoms with van der Waals surface area (Å²) in [5, 5.41) is 5.67. The number of aromatic nitrogens is 1. The van der Waals surface area contributed by atoms with E-state index in [1.807, 2.05) is 19.9 Å². The molecule has 0 aliphatic carbocycles. The van der Waals surface area contributed by atoms with E-state index < -0.39 is 29.6 Å². The number of benzene rings is 2. The lowest BCUT2D eigenvalue weighted by Crippen LogP contribution is -2.57. The molecule has 1 aromatic heterocycles. The van der Waals surface area contributed by atoms with Crippen LogP contribution >= 0.6 is 0 Å². The van der Waals surface area contributed by atoms with Gasteiger partial charge < -0.3 is 16.4 Å². The van der Waals surface area contributed by atoms with Crippen molar-refractivity contribution in [3.8, 4) is 0 Å². The number of aryl methyl sites for hydroxylation is 1. The van der Waals surface area contributed by atoms with Crippen LogP contribution in [-0.2, 0) is 4.79 Å². The molecule has 1 aliphatic rings. The standard InChI is InChI=1S/C27H26FN5O2/c1-3-20(29)23-22(17-10-12-19(28)13-11-17)24(32-26(34)18-8-6-7-16(2)15-18)27(35)33-25(23)31-21-9-4-5-14-30-21/h4-15,22,24H,3,29H2,1-2H3,(H,32,34)(H,30,31,33,35)/t22?,24-/m0/s1. The Morgan fingerprint density at radius 3 is 2.57 bits per heavy atom. The molecule has 2 aromatic carbocycles. The van der Waals surface area contributed by atoms with Gasteiger partial charge in [0.1, 0.15) is 17.7 Å². The van der Waals surface area contributed by atoms with Crippen LogP contribution in [0, 0.1) is 12.7 Å². The molecule has 4 N–H and O–H groups in total. The predicted octanol–water partition coefficient (Wildman–Crippen LogP) is 3.89. The number of nitrogens with zero attached hydrogens (tertiary/aromatic N) is 2. The van der Waals surface area contributed by atoms with Crippen LogP contribution in [-0.4, -0.2) is 28.7 Å². The number of nitrogens with one attached hydrogen (secondary N) is 2. The van der Waals surface area contributed by atoms with E-state index in [1.54, 1.807) is 54.7 Å². The summed E-state index contributed by atoms with van der Waals surface area (Å²) in [7, 11) is 0. The highest BCUT2D eigenvalue weighted by Crippen LogP contribution is 2.35. The molecule has 0 spiro atoms. The largest absolute Gasteiger partial charge is 0.402 e. The third-order valence-corrected chi connectivity index (χ3v) is 5.82. The van der Waals surface area contributed by atoms with E-state index in [4.69, 9.17) is 5.73 Å². The van der Waals surface area contributed by atoms with Crippen molar-refractivity contribution in [2.45, 2.75) is 32.2 Å². The van der Waals surface area contributed by atoms with Gasteiger partial charge in [0.15, 0.2) is 5.82 Å². The van der Waals surface area contributed by atoms with E-state index in [2.05, 4.69) is 20.6 Å². The van der Waals surface area contributed by atoms with E-state index in [1.165, 1.54) is 12.1 Å². The first-order valence-electron chi connectivity index (χ1n) is 11.3. The summed E-state index contributed by atoms with van der Waals surface area (Å²) in [5.74, 6) is -1.32. The number of hydrogen-bond acceptors (Lipinski definition) is 5. The number of piperidine rings is 1. The van der Waals surface area contributed by atoms with Crippen molar-refractivity contribution in [3.05, 3.63) is 107 Å². The van der Waals surface area contributed by atoms with Gasteiger partial charge in [-0.2, -0.15) is 0 Å². The Hall–Kier alpha value is -4.33. The maximum atomic E-state index is 13.8. The van der Waals surface area contributed by atoms with Crippen molar-refractivity contribution < 1.29 is 14.0 Å². The number of halogens is 1. The lowest BCUT2D eigenvalue weighted by atomic mass is 9.79. The molecule has 7 nitrogen and oxygen atoms in total. The lowest BCUT2D eigenvalue weighted by Gasteiger charge is -2.36. The fourth-order valence-electron chi connectivity index (χ4n) is 4.08. The van der Waals surface area contributed by atoms with E-state index in [0.29, 0.717) is 34.6 Å². The molecule has 0 radical (unpaired) electrons. The van der Waals surface area contributed by atoms with Gasteiger partial charge in [-0.1, -0.05) is 42.8 Å². The number of amides is 2. The van der Waals surface area contributed by atoms with Gasteiger partial charge in [-0.25, -0.2) is 14.4 Å². The van der Waals surface area contributed by atoms with Crippen LogP contribution in [0.25, 0.3) is 0 Å². The van der Waals surface area contributed by atoms with Crippen LogP contribution in [0.3, 0.4) is 0 Å². The molecule has 178 valence electrons. The number of amidine groups is 1.